The molecule has 0 atom stereocenters. The van der Waals surface area contributed by atoms with Crippen molar-refractivity contribution in [3.05, 3.63) is 65.2 Å². The minimum absolute atomic E-state index is 0.0263. The van der Waals surface area contributed by atoms with Crippen LogP contribution in [0, 0.1) is 17.3 Å². The fraction of sp³-hybridized carbons (Fsp3) is 0.320. The molecule has 32 heavy (non-hydrogen) atoms. The van der Waals surface area contributed by atoms with Crippen LogP contribution in [0.25, 0.3) is 0 Å². The Kier molecular flexibility index (Phi) is 7.16. The van der Waals surface area contributed by atoms with Gasteiger partial charge in [0.15, 0.2) is 0 Å². The first-order chi connectivity index (χ1) is 15.2. The number of amides is 2. The van der Waals surface area contributed by atoms with Crippen molar-refractivity contribution in [2.45, 2.75) is 32.8 Å². The van der Waals surface area contributed by atoms with E-state index in [2.05, 4.69) is 22.5 Å². The molecule has 1 aliphatic rings. The summed E-state index contributed by atoms with van der Waals surface area (Å²) in [5.74, 6) is 6.18. The van der Waals surface area contributed by atoms with E-state index in [1.165, 1.54) is 0 Å². The summed E-state index contributed by atoms with van der Waals surface area (Å²) in [5.41, 5.74) is 2.35. The van der Waals surface area contributed by atoms with E-state index in [0.717, 1.165) is 30.8 Å². The lowest BCUT2D eigenvalue weighted by Crippen LogP contribution is -2.41. The van der Waals surface area contributed by atoms with Gasteiger partial charge in [0.05, 0.1) is 6.54 Å². The van der Waals surface area contributed by atoms with Crippen LogP contribution in [-0.2, 0) is 4.74 Å². The van der Waals surface area contributed by atoms with E-state index in [0.29, 0.717) is 17.7 Å². The van der Waals surface area contributed by atoms with Crippen LogP contribution in [-0.4, -0.2) is 48.0 Å². The van der Waals surface area contributed by atoms with Crippen LogP contribution in [0.4, 0.5) is 10.5 Å². The highest BCUT2D eigenvalue weighted by Crippen LogP contribution is 2.13. The minimum Gasteiger partial charge on any atom is -0.444 e. The molecule has 2 aromatic rings. The predicted octanol–water partition coefficient (Wildman–Crippen LogP) is 3.85. The first kappa shape index (κ1) is 22.9. The van der Waals surface area contributed by atoms with E-state index in [4.69, 9.17) is 10.1 Å². The maximum atomic E-state index is 12.2. The normalized spacial score (nSPS) is 12.7. The molecule has 0 unspecified atom stereocenters. The number of ether oxygens (including phenoxy) is 1. The van der Waals surface area contributed by atoms with Gasteiger partial charge in [0, 0.05) is 35.5 Å². The van der Waals surface area contributed by atoms with Gasteiger partial charge in [-0.1, -0.05) is 11.8 Å². The van der Waals surface area contributed by atoms with Gasteiger partial charge in [-0.2, -0.15) is 0 Å². The van der Waals surface area contributed by atoms with E-state index in [-0.39, 0.29) is 11.7 Å². The van der Waals surface area contributed by atoms with Crippen molar-refractivity contribution >= 4 is 23.5 Å². The van der Waals surface area contributed by atoms with Crippen molar-refractivity contribution in [3.63, 3.8) is 0 Å². The Labute approximate surface area is 188 Å². The monoisotopic (exact) mass is 432 g/mol. The van der Waals surface area contributed by atoms with E-state index in [1.807, 2.05) is 41.3 Å². The zero-order chi connectivity index (χ0) is 23.1. The Morgan fingerprint density at radius 1 is 1.03 bits per heavy atom. The molecule has 3 rings (SSSR count). The average molecular weight is 433 g/mol. The number of nitrogens with zero attached hydrogens (tertiary/aromatic N) is 1. The van der Waals surface area contributed by atoms with Crippen LogP contribution in [0.5, 0.6) is 0 Å². The lowest BCUT2D eigenvalue weighted by molar-refractivity contribution is 0.0562. The first-order valence-corrected chi connectivity index (χ1v) is 10.5. The zero-order valence-electron chi connectivity index (χ0n) is 18.6. The standard InChI is InChI=1S/C25H28N4O3/c1-25(2,3)32-24(31)28-22(26)19-11-13-21(14-12-19)27-15-4-6-18-7-9-20(10-8-18)23(30)29-16-5-17-29/h7-14,27H,5,15-17H2,1-3H3,(H2,26,28,31). The molecule has 166 valence electrons. The summed E-state index contributed by atoms with van der Waals surface area (Å²) in [6.45, 7) is 7.43. The van der Waals surface area contributed by atoms with Crippen LogP contribution in [0.1, 0.15) is 48.7 Å². The van der Waals surface area contributed by atoms with Gasteiger partial charge in [0.25, 0.3) is 5.91 Å². The maximum absolute atomic E-state index is 12.2. The molecule has 7 nitrogen and oxygen atoms in total. The first-order valence-electron chi connectivity index (χ1n) is 10.5. The lowest BCUT2D eigenvalue weighted by atomic mass is 10.1. The third-order valence-corrected chi connectivity index (χ3v) is 4.69. The maximum Gasteiger partial charge on any atom is 0.413 e. The van der Waals surface area contributed by atoms with Gasteiger partial charge in [-0.15, -0.1) is 0 Å². The second kappa shape index (κ2) is 10.0. The van der Waals surface area contributed by atoms with Crippen LogP contribution in [0.15, 0.2) is 48.5 Å². The number of rotatable bonds is 4. The van der Waals surface area contributed by atoms with Gasteiger partial charge in [-0.05, 0) is 75.7 Å². The Morgan fingerprint density at radius 2 is 1.66 bits per heavy atom. The van der Waals surface area contributed by atoms with E-state index < -0.39 is 11.7 Å². The summed E-state index contributed by atoms with van der Waals surface area (Å²) in [4.78, 5) is 25.8. The zero-order valence-corrected chi connectivity index (χ0v) is 18.6. The van der Waals surface area contributed by atoms with Crippen molar-refractivity contribution in [2.75, 3.05) is 25.0 Å². The number of hydrogen-bond donors (Lipinski definition) is 3. The number of alkyl carbamates (subject to hydrolysis) is 1. The Hall–Kier alpha value is -3.79. The van der Waals surface area contributed by atoms with Crippen LogP contribution in [0.3, 0.4) is 0 Å². The quantitative estimate of drug-likeness (QED) is 0.389. The van der Waals surface area contributed by atoms with E-state index in [1.54, 1.807) is 32.9 Å². The van der Waals surface area contributed by atoms with Gasteiger partial charge in [-0.3, -0.25) is 15.5 Å². The van der Waals surface area contributed by atoms with Crippen molar-refractivity contribution in [1.82, 2.24) is 10.2 Å². The third kappa shape index (κ3) is 6.61. The van der Waals surface area contributed by atoms with Crippen molar-refractivity contribution < 1.29 is 14.3 Å². The van der Waals surface area contributed by atoms with Gasteiger partial charge < -0.3 is 15.0 Å². The van der Waals surface area contributed by atoms with Crippen molar-refractivity contribution in [2.24, 2.45) is 0 Å². The summed E-state index contributed by atoms with van der Waals surface area (Å²) in [5, 5.41) is 13.6. The number of amidine groups is 1. The molecule has 7 heteroatoms. The largest absolute Gasteiger partial charge is 0.444 e. The number of nitrogens with one attached hydrogen (secondary N) is 3. The van der Waals surface area contributed by atoms with Gasteiger partial charge in [0.1, 0.15) is 11.4 Å². The predicted molar refractivity (Wildman–Crippen MR) is 125 cm³/mol. The van der Waals surface area contributed by atoms with Crippen molar-refractivity contribution in [3.8, 4) is 11.8 Å². The summed E-state index contributed by atoms with van der Waals surface area (Å²) in [6, 6.07) is 14.5. The van der Waals surface area contributed by atoms with Crippen LogP contribution >= 0.6 is 0 Å². The summed E-state index contributed by atoms with van der Waals surface area (Å²) in [7, 11) is 0. The number of anilines is 1. The fourth-order valence-corrected chi connectivity index (χ4v) is 2.92. The molecule has 1 aliphatic heterocycles. The molecule has 1 fully saturated rings. The number of hydrogen-bond acceptors (Lipinski definition) is 5. The summed E-state index contributed by atoms with van der Waals surface area (Å²) >= 11 is 0. The molecule has 0 spiro atoms. The number of benzene rings is 2. The molecule has 0 aliphatic carbocycles. The third-order valence-electron chi connectivity index (χ3n) is 4.69. The molecule has 1 heterocycles. The average Bonchev–Trinajstić information content (AvgIpc) is 2.69. The molecule has 0 bridgehead atoms. The molecule has 0 saturated carbocycles. The van der Waals surface area contributed by atoms with Gasteiger partial charge >= 0.3 is 6.09 Å². The summed E-state index contributed by atoms with van der Waals surface area (Å²) in [6.07, 6.45) is 0.425. The number of carbonyl (C=O) groups is 2. The molecule has 2 amide bonds. The van der Waals surface area contributed by atoms with Crippen LogP contribution in [0.2, 0.25) is 0 Å². The van der Waals surface area contributed by atoms with Crippen LogP contribution < -0.4 is 10.6 Å². The molecular formula is C25H28N4O3. The SMILES string of the molecule is CC(C)(C)OC(=O)NC(=N)c1ccc(NCC#Cc2ccc(C(=O)N3CCC3)cc2)cc1. The molecule has 2 aromatic carbocycles. The minimum atomic E-state index is -0.655. The topological polar surface area (TPSA) is 94.5 Å². The second-order valence-corrected chi connectivity index (χ2v) is 8.46. The number of likely N-dealkylation sites (tertiary alicyclic amines) is 1. The van der Waals surface area contributed by atoms with E-state index >= 15 is 0 Å². The lowest BCUT2D eigenvalue weighted by Gasteiger charge is -2.30. The van der Waals surface area contributed by atoms with E-state index in [9.17, 15) is 9.59 Å². The molecule has 0 radical (unpaired) electrons. The Balaban J connectivity index is 1.46. The molecular weight excluding hydrogens is 404 g/mol. The Morgan fingerprint density at radius 3 is 2.22 bits per heavy atom. The highest BCUT2D eigenvalue weighted by Gasteiger charge is 2.21. The highest BCUT2D eigenvalue weighted by atomic mass is 16.6. The van der Waals surface area contributed by atoms with Gasteiger partial charge in [0.2, 0.25) is 0 Å². The van der Waals surface area contributed by atoms with Crippen molar-refractivity contribution in [1.29, 1.82) is 5.41 Å². The second-order valence-electron chi connectivity index (χ2n) is 8.46. The number of carbonyl (C=O) groups excluding carboxylic acids is 2. The molecule has 3 N–H and O–H groups in total. The smallest absolute Gasteiger partial charge is 0.413 e. The molecule has 0 aromatic heterocycles. The fourth-order valence-electron chi connectivity index (χ4n) is 2.92. The van der Waals surface area contributed by atoms with Gasteiger partial charge in [-0.25, -0.2) is 4.79 Å². The Bertz CT molecular complexity index is 1040. The highest BCUT2D eigenvalue weighted by molar-refractivity contribution is 6.04. The summed E-state index contributed by atoms with van der Waals surface area (Å²) < 4.78 is 5.15. The molecule has 1 saturated heterocycles.